The predicted octanol–water partition coefficient (Wildman–Crippen LogP) is 1.01. The van der Waals surface area contributed by atoms with Gasteiger partial charge in [0.05, 0.1) is 11.8 Å². The van der Waals surface area contributed by atoms with Crippen LogP contribution in [0.3, 0.4) is 0 Å². The molecule has 128 valence electrons. The second-order valence-electron chi connectivity index (χ2n) is 6.17. The van der Waals surface area contributed by atoms with Crippen LogP contribution in [-0.4, -0.2) is 66.5 Å². The van der Waals surface area contributed by atoms with E-state index in [-0.39, 0.29) is 18.0 Å². The number of carbonyl (C=O) groups is 1. The van der Waals surface area contributed by atoms with Crippen molar-refractivity contribution in [2.24, 2.45) is 0 Å². The smallest absolute Gasteiger partial charge is 0.257 e. The van der Waals surface area contributed by atoms with Crippen molar-refractivity contribution in [3.8, 4) is 0 Å². The first-order chi connectivity index (χ1) is 10.7. The van der Waals surface area contributed by atoms with Crippen LogP contribution in [-0.2, 0) is 10.0 Å². The number of hydrogen-bond acceptors (Lipinski definition) is 5. The summed E-state index contributed by atoms with van der Waals surface area (Å²) in [6, 6.07) is 3.40. The molecule has 0 unspecified atom stereocenters. The zero-order valence-electron chi connectivity index (χ0n) is 14.0. The summed E-state index contributed by atoms with van der Waals surface area (Å²) in [5, 5.41) is 3.17. The standard InChI is InChI=1S/C15H24N4O3S/c1-11(2)17-14-13(6-5-7-16-14)15(20)18-8-9-19(12(3)10-18)23(4,21)22/h5-7,11-12H,8-10H2,1-4H3,(H,16,17)/t12-/m0/s1. The Labute approximate surface area is 137 Å². The van der Waals surface area contributed by atoms with Crippen LogP contribution in [0.1, 0.15) is 31.1 Å². The highest BCUT2D eigenvalue weighted by molar-refractivity contribution is 7.88. The van der Waals surface area contributed by atoms with Crippen molar-refractivity contribution in [2.45, 2.75) is 32.9 Å². The SMILES string of the molecule is CC(C)Nc1ncccc1C(=O)N1CCN(S(C)(=O)=O)[C@@H](C)C1. The number of sulfonamides is 1. The van der Waals surface area contributed by atoms with Gasteiger partial charge in [-0.15, -0.1) is 0 Å². The Morgan fingerprint density at radius 3 is 2.65 bits per heavy atom. The minimum atomic E-state index is -3.24. The first-order valence-electron chi connectivity index (χ1n) is 7.67. The highest BCUT2D eigenvalue weighted by atomic mass is 32.2. The van der Waals surface area contributed by atoms with Gasteiger partial charge in [0.25, 0.3) is 5.91 Å². The summed E-state index contributed by atoms with van der Waals surface area (Å²) in [4.78, 5) is 18.7. The number of amides is 1. The molecule has 1 fully saturated rings. The van der Waals surface area contributed by atoms with Crippen LogP contribution in [0.5, 0.6) is 0 Å². The van der Waals surface area contributed by atoms with Crippen LogP contribution in [0.25, 0.3) is 0 Å². The molecule has 7 nitrogen and oxygen atoms in total. The van der Waals surface area contributed by atoms with Crippen LogP contribution < -0.4 is 5.32 Å². The number of carbonyl (C=O) groups excluding carboxylic acids is 1. The Bertz CT molecular complexity index is 675. The zero-order valence-corrected chi connectivity index (χ0v) is 14.8. The van der Waals surface area contributed by atoms with Crippen LogP contribution >= 0.6 is 0 Å². The molecule has 0 aliphatic carbocycles. The molecule has 1 aliphatic rings. The van der Waals surface area contributed by atoms with Gasteiger partial charge in [0.15, 0.2) is 0 Å². The molecule has 0 saturated carbocycles. The Kier molecular flexibility index (Phi) is 5.26. The lowest BCUT2D eigenvalue weighted by Gasteiger charge is -2.38. The molecule has 2 heterocycles. The molecule has 0 bridgehead atoms. The zero-order chi connectivity index (χ0) is 17.2. The molecule has 1 atom stereocenters. The molecule has 1 N–H and O–H groups in total. The molecule has 0 spiro atoms. The average molecular weight is 340 g/mol. The lowest BCUT2D eigenvalue weighted by molar-refractivity contribution is 0.0643. The maximum absolute atomic E-state index is 12.8. The average Bonchev–Trinajstić information content (AvgIpc) is 2.45. The van der Waals surface area contributed by atoms with Crippen LogP contribution in [0.4, 0.5) is 5.82 Å². The van der Waals surface area contributed by atoms with Gasteiger partial charge >= 0.3 is 0 Å². The normalized spacial score (nSPS) is 19.9. The molecule has 1 amide bonds. The van der Waals surface area contributed by atoms with E-state index < -0.39 is 10.0 Å². The molecule has 0 radical (unpaired) electrons. The van der Waals surface area contributed by atoms with Crippen molar-refractivity contribution in [3.63, 3.8) is 0 Å². The maximum Gasteiger partial charge on any atom is 0.257 e. The third-order valence-corrected chi connectivity index (χ3v) is 5.14. The fourth-order valence-corrected chi connectivity index (χ4v) is 3.89. The minimum Gasteiger partial charge on any atom is -0.367 e. The summed E-state index contributed by atoms with van der Waals surface area (Å²) in [5.74, 6) is 0.437. The summed E-state index contributed by atoms with van der Waals surface area (Å²) in [7, 11) is -3.24. The quantitative estimate of drug-likeness (QED) is 0.884. The Morgan fingerprint density at radius 2 is 2.09 bits per heavy atom. The monoisotopic (exact) mass is 340 g/mol. The van der Waals surface area contributed by atoms with Crippen molar-refractivity contribution >= 4 is 21.7 Å². The van der Waals surface area contributed by atoms with E-state index in [0.29, 0.717) is 31.0 Å². The minimum absolute atomic E-state index is 0.124. The number of hydrogen-bond donors (Lipinski definition) is 1. The third-order valence-electron chi connectivity index (χ3n) is 3.74. The topological polar surface area (TPSA) is 82.6 Å². The number of rotatable bonds is 4. The summed E-state index contributed by atoms with van der Waals surface area (Å²) < 4.78 is 24.9. The second-order valence-corrected chi connectivity index (χ2v) is 8.11. The fraction of sp³-hybridized carbons (Fsp3) is 0.600. The number of nitrogens with one attached hydrogen (secondary N) is 1. The molecule has 8 heteroatoms. The van der Waals surface area contributed by atoms with Gasteiger partial charge in [-0.1, -0.05) is 0 Å². The third kappa shape index (κ3) is 4.20. The predicted molar refractivity (Wildman–Crippen MR) is 89.9 cm³/mol. The second kappa shape index (κ2) is 6.84. The Hall–Kier alpha value is -1.67. The number of pyridine rings is 1. The fourth-order valence-electron chi connectivity index (χ4n) is 2.75. The molecule has 2 rings (SSSR count). The number of piperazine rings is 1. The molecular formula is C15H24N4O3S. The van der Waals surface area contributed by atoms with E-state index >= 15 is 0 Å². The number of nitrogens with zero attached hydrogens (tertiary/aromatic N) is 3. The highest BCUT2D eigenvalue weighted by Crippen LogP contribution is 2.19. The van der Waals surface area contributed by atoms with E-state index in [1.54, 1.807) is 23.2 Å². The van der Waals surface area contributed by atoms with Crippen LogP contribution in [0, 0.1) is 0 Å². The van der Waals surface area contributed by atoms with E-state index in [1.807, 2.05) is 20.8 Å². The number of anilines is 1. The summed E-state index contributed by atoms with van der Waals surface area (Å²) >= 11 is 0. The van der Waals surface area contributed by atoms with E-state index in [4.69, 9.17) is 0 Å². The largest absolute Gasteiger partial charge is 0.367 e. The van der Waals surface area contributed by atoms with E-state index in [9.17, 15) is 13.2 Å². The lowest BCUT2D eigenvalue weighted by atomic mass is 10.1. The lowest BCUT2D eigenvalue weighted by Crippen LogP contribution is -2.55. The summed E-state index contributed by atoms with van der Waals surface area (Å²) in [5.41, 5.74) is 0.515. The Morgan fingerprint density at radius 1 is 1.39 bits per heavy atom. The van der Waals surface area contributed by atoms with Crippen LogP contribution in [0.2, 0.25) is 0 Å². The van der Waals surface area contributed by atoms with E-state index in [2.05, 4.69) is 10.3 Å². The van der Waals surface area contributed by atoms with Crippen LogP contribution in [0.15, 0.2) is 18.3 Å². The van der Waals surface area contributed by atoms with Gasteiger partial charge in [-0.25, -0.2) is 13.4 Å². The molecular weight excluding hydrogens is 316 g/mol. The van der Waals surface area contributed by atoms with Crippen molar-refractivity contribution in [3.05, 3.63) is 23.9 Å². The van der Waals surface area contributed by atoms with E-state index in [0.717, 1.165) is 0 Å². The van der Waals surface area contributed by atoms with Gasteiger partial charge in [-0.3, -0.25) is 4.79 Å². The summed E-state index contributed by atoms with van der Waals surface area (Å²) in [6.07, 6.45) is 2.85. The molecule has 1 aromatic rings. The van der Waals surface area contributed by atoms with Gasteiger partial charge in [-0.05, 0) is 32.9 Å². The molecule has 1 aromatic heterocycles. The van der Waals surface area contributed by atoms with Crippen molar-refractivity contribution in [1.82, 2.24) is 14.2 Å². The van der Waals surface area contributed by atoms with Gasteiger partial charge in [-0.2, -0.15) is 4.31 Å². The van der Waals surface area contributed by atoms with E-state index in [1.165, 1.54) is 10.6 Å². The first kappa shape index (κ1) is 17.7. The first-order valence-corrected chi connectivity index (χ1v) is 9.52. The van der Waals surface area contributed by atoms with Crippen molar-refractivity contribution in [2.75, 3.05) is 31.2 Å². The van der Waals surface area contributed by atoms with Gasteiger partial charge in [0, 0.05) is 37.9 Å². The van der Waals surface area contributed by atoms with Gasteiger partial charge in [0.2, 0.25) is 10.0 Å². The number of aromatic nitrogens is 1. The molecule has 1 saturated heterocycles. The van der Waals surface area contributed by atoms with Crippen molar-refractivity contribution < 1.29 is 13.2 Å². The van der Waals surface area contributed by atoms with Gasteiger partial charge in [0.1, 0.15) is 5.82 Å². The van der Waals surface area contributed by atoms with Gasteiger partial charge < -0.3 is 10.2 Å². The molecule has 1 aliphatic heterocycles. The Balaban J connectivity index is 2.17. The molecule has 23 heavy (non-hydrogen) atoms. The summed E-state index contributed by atoms with van der Waals surface area (Å²) in [6.45, 7) is 6.86. The highest BCUT2D eigenvalue weighted by Gasteiger charge is 2.32. The van der Waals surface area contributed by atoms with Crippen molar-refractivity contribution in [1.29, 1.82) is 0 Å². The molecule has 0 aromatic carbocycles. The maximum atomic E-state index is 12.8.